The van der Waals surface area contributed by atoms with Gasteiger partial charge >= 0.3 is 0 Å². The number of aromatic amines is 1. The average Bonchev–Trinajstić information content (AvgIpc) is 2.87. The van der Waals surface area contributed by atoms with Gasteiger partial charge in [0.2, 0.25) is 0 Å². The van der Waals surface area contributed by atoms with E-state index in [0.29, 0.717) is 11.3 Å². The quantitative estimate of drug-likeness (QED) is 0.719. The Morgan fingerprint density at radius 3 is 2.94 bits per heavy atom. The first-order valence-corrected chi connectivity index (χ1v) is 5.48. The molecule has 0 unspecified atom stereocenters. The van der Waals surface area contributed by atoms with Crippen molar-refractivity contribution in [1.82, 2.24) is 15.2 Å². The molecule has 0 atom stereocenters. The summed E-state index contributed by atoms with van der Waals surface area (Å²) in [6.45, 7) is 0. The lowest BCUT2D eigenvalue weighted by Crippen LogP contribution is -2.12. The molecule has 5 nitrogen and oxygen atoms in total. The summed E-state index contributed by atoms with van der Waals surface area (Å²) in [5, 5.41) is 10.4. The minimum Gasteiger partial charge on any atom is -0.321 e. The van der Waals surface area contributed by atoms with E-state index in [1.54, 1.807) is 36.8 Å². The van der Waals surface area contributed by atoms with Crippen molar-refractivity contribution in [1.29, 1.82) is 0 Å². The topological polar surface area (TPSA) is 70.7 Å². The monoisotopic (exact) mass is 238 g/mol. The average molecular weight is 238 g/mol. The van der Waals surface area contributed by atoms with Crippen LogP contribution >= 0.6 is 0 Å². The van der Waals surface area contributed by atoms with Crippen LogP contribution in [0.5, 0.6) is 0 Å². The van der Waals surface area contributed by atoms with Crippen molar-refractivity contribution in [2.45, 2.75) is 0 Å². The zero-order valence-corrected chi connectivity index (χ0v) is 9.42. The third kappa shape index (κ3) is 1.82. The Morgan fingerprint density at radius 1 is 1.17 bits per heavy atom. The number of carbonyl (C=O) groups excluding carboxylic acids is 1. The first kappa shape index (κ1) is 10.5. The second-order valence-electron chi connectivity index (χ2n) is 3.83. The van der Waals surface area contributed by atoms with E-state index < -0.39 is 0 Å². The van der Waals surface area contributed by atoms with Crippen molar-refractivity contribution in [2.24, 2.45) is 0 Å². The molecule has 0 saturated carbocycles. The van der Waals surface area contributed by atoms with Crippen LogP contribution in [-0.4, -0.2) is 21.1 Å². The molecule has 88 valence electrons. The second kappa shape index (κ2) is 4.29. The molecule has 2 N–H and O–H groups in total. The van der Waals surface area contributed by atoms with Crippen molar-refractivity contribution in [3.63, 3.8) is 0 Å². The Hall–Kier alpha value is -2.69. The van der Waals surface area contributed by atoms with Gasteiger partial charge < -0.3 is 5.32 Å². The molecule has 0 bridgehead atoms. The zero-order valence-electron chi connectivity index (χ0n) is 9.42. The Morgan fingerprint density at radius 2 is 2.11 bits per heavy atom. The number of rotatable bonds is 2. The third-order valence-electron chi connectivity index (χ3n) is 2.65. The number of nitrogens with one attached hydrogen (secondary N) is 2. The Labute approximate surface area is 103 Å². The van der Waals surface area contributed by atoms with Gasteiger partial charge in [-0.3, -0.25) is 14.9 Å². The van der Waals surface area contributed by atoms with Gasteiger partial charge in [-0.05, 0) is 24.3 Å². The number of aromatic nitrogens is 3. The number of H-pyrrole nitrogens is 1. The highest BCUT2D eigenvalue weighted by Gasteiger charge is 2.10. The van der Waals surface area contributed by atoms with Crippen LogP contribution in [-0.2, 0) is 0 Å². The van der Waals surface area contributed by atoms with Crippen molar-refractivity contribution in [2.75, 3.05) is 5.32 Å². The fourth-order valence-corrected chi connectivity index (χ4v) is 1.80. The summed E-state index contributed by atoms with van der Waals surface area (Å²) in [6, 6.07) is 9.03. The van der Waals surface area contributed by atoms with Gasteiger partial charge in [0.05, 0.1) is 29.2 Å². The van der Waals surface area contributed by atoms with Gasteiger partial charge in [-0.25, -0.2) is 0 Å². The molecule has 0 aliphatic rings. The minimum atomic E-state index is -0.171. The number of fused-ring (bicyclic) bond motifs is 1. The highest BCUT2D eigenvalue weighted by Crippen LogP contribution is 2.17. The van der Waals surface area contributed by atoms with E-state index >= 15 is 0 Å². The van der Waals surface area contributed by atoms with Crippen LogP contribution in [0, 0.1) is 0 Å². The lowest BCUT2D eigenvalue weighted by Gasteiger charge is -2.05. The summed E-state index contributed by atoms with van der Waals surface area (Å²) in [6.07, 6.45) is 4.91. The van der Waals surface area contributed by atoms with Gasteiger partial charge in [0.25, 0.3) is 5.91 Å². The summed E-state index contributed by atoms with van der Waals surface area (Å²) in [7, 11) is 0. The number of hydrogen-bond acceptors (Lipinski definition) is 3. The molecule has 0 aliphatic carbocycles. The molecule has 5 heteroatoms. The Balaban J connectivity index is 1.95. The Bertz CT molecular complexity index is 690. The summed E-state index contributed by atoms with van der Waals surface area (Å²) >= 11 is 0. The third-order valence-corrected chi connectivity index (χ3v) is 2.65. The Kier molecular flexibility index (Phi) is 2.49. The molecule has 0 radical (unpaired) electrons. The van der Waals surface area contributed by atoms with Crippen LogP contribution in [0.2, 0.25) is 0 Å². The van der Waals surface area contributed by atoms with Crippen LogP contribution in [0.3, 0.4) is 0 Å². The van der Waals surface area contributed by atoms with E-state index in [1.807, 2.05) is 12.1 Å². The van der Waals surface area contributed by atoms with Crippen molar-refractivity contribution < 1.29 is 4.79 Å². The lowest BCUT2D eigenvalue weighted by molar-refractivity contribution is 0.102. The number of anilines is 1. The molecule has 0 spiro atoms. The largest absolute Gasteiger partial charge is 0.321 e. The van der Waals surface area contributed by atoms with E-state index in [9.17, 15) is 4.79 Å². The minimum absolute atomic E-state index is 0.171. The van der Waals surface area contributed by atoms with Gasteiger partial charge in [0.1, 0.15) is 0 Å². The number of hydrogen-bond donors (Lipinski definition) is 2. The molecule has 1 amide bonds. The standard InChI is InChI=1S/C13H10N4O/c18-13(16-9-3-2-6-14-7-9)10-4-1-5-12-11(10)8-15-17-12/h1-8H,(H,15,17)(H,16,18). The van der Waals surface area contributed by atoms with Gasteiger partial charge in [-0.2, -0.15) is 5.10 Å². The normalized spacial score (nSPS) is 10.4. The number of carbonyl (C=O) groups is 1. The van der Waals surface area contributed by atoms with E-state index in [2.05, 4.69) is 20.5 Å². The summed E-state index contributed by atoms with van der Waals surface area (Å²) in [5.41, 5.74) is 2.10. The fourth-order valence-electron chi connectivity index (χ4n) is 1.80. The molecule has 3 rings (SSSR count). The zero-order chi connectivity index (χ0) is 12.4. The summed E-state index contributed by atoms with van der Waals surface area (Å²) < 4.78 is 0. The number of nitrogens with zero attached hydrogens (tertiary/aromatic N) is 2. The summed E-state index contributed by atoms with van der Waals surface area (Å²) in [4.78, 5) is 16.1. The van der Waals surface area contributed by atoms with Gasteiger partial charge in [0, 0.05) is 11.6 Å². The van der Waals surface area contributed by atoms with Gasteiger partial charge in [-0.15, -0.1) is 0 Å². The number of amides is 1. The highest BCUT2D eigenvalue weighted by molar-refractivity contribution is 6.12. The molecule has 3 aromatic rings. The van der Waals surface area contributed by atoms with Crippen molar-refractivity contribution in [3.05, 3.63) is 54.5 Å². The first-order valence-electron chi connectivity index (χ1n) is 5.48. The molecule has 0 aliphatic heterocycles. The van der Waals surface area contributed by atoms with Gasteiger partial charge in [-0.1, -0.05) is 6.07 Å². The number of benzene rings is 1. The molecular formula is C13H10N4O. The lowest BCUT2D eigenvalue weighted by atomic mass is 10.1. The van der Waals surface area contributed by atoms with Gasteiger partial charge in [0.15, 0.2) is 0 Å². The van der Waals surface area contributed by atoms with Crippen LogP contribution in [0.15, 0.2) is 48.9 Å². The predicted molar refractivity (Wildman–Crippen MR) is 68.3 cm³/mol. The maximum Gasteiger partial charge on any atom is 0.256 e. The van der Waals surface area contributed by atoms with Crippen LogP contribution in [0.25, 0.3) is 10.9 Å². The highest BCUT2D eigenvalue weighted by atomic mass is 16.1. The van der Waals surface area contributed by atoms with E-state index in [4.69, 9.17) is 0 Å². The van der Waals surface area contributed by atoms with E-state index in [1.165, 1.54) is 0 Å². The van der Waals surface area contributed by atoms with Crippen molar-refractivity contribution >= 4 is 22.5 Å². The molecule has 2 heterocycles. The van der Waals surface area contributed by atoms with Crippen LogP contribution < -0.4 is 5.32 Å². The van der Waals surface area contributed by atoms with E-state index in [0.717, 1.165) is 10.9 Å². The maximum atomic E-state index is 12.1. The molecule has 1 aromatic carbocycles. The fraction of sp³-hybridized carbons (Fsp3) is 0. The van der Waals surface area contributed by atoms with E-state index in [-0.39, 0.29) is 5.91 Å². The smallest absolute Gasteiger partial charge is 0.256 e. The van der Waals surface area contributed by atoms with Crippen LogP contribution in [0.1, 0.15) is 10.4 Å². The second-order valence-corrected chi connectivity index (χ2v) is 3.83. The molecule has 0 saturated heterocycles. The SMILES string of the molecule is O=C(Nc1cccnc1)c1cccc2[nH]ncc12. The number of pyridine rings is 1. The van der Waals surface area contributed by atoms with Crippen molar-refractivity contribution in [3.8, 4) is 0 Å². The predicted octanol–water partition coefficient (Wildman–Crippen LogP) is 2.21. The molecular weight excluding hydrogens is 228 g/mol. The molecule has 2 aromatic heterocycles. The molecule has 18 heavy (non-hydrogen) atoms. The van der Waals surface area contributed by atoms with Crippen LogP contribution in [0.4, 0.5) is 5.69 Å². The maximum absolute atomic E-state index is 12.1. The first-order chi connectivity index (χ1) is 8.84. The molecule has 0 fully saturated rings. The summed E-state index contributed by atoms with van der Waals surface area (Å²) in [5.74, 6) is -0.171.